The Morgan fingerprint density at radius 2 is 2.12 bits per heavy atom. The highest BCUT2D eigenvalue weighted by Crippen LogP contribution is 2.45. The summed E-state index contributed by atoms with van der Waals surface area (Å²) in [5.41, 5.74) is 6.22. The summed E-state index contributed by atoms with van der Waals surface area (Å²) in [7, 11) is 0. The van der Waals surface area contributed by atoms with Crippen molar-refractivity contribution in [2.24, 2.45) is 22.6 Å². The Labute approximate surface area is 152 Å². The Hall–Kier alpha value is -1.69. The molecule has 2 amide bonds. The zero-order valence-corrected chi connectivity index (χ0v) is 15.6. The van der Waals surface area contributed by atoms with E-state index in [9.17, 15) is 9.59 Å². The number of hydrogen-bond donors (Lipinski definition) is 1. The highest BCUT2D eigenvalue weighted by Gasteiger charge is 2.43. The molecule has 1 unspecified atom stereocenters. The van der Waals surface area contributed by atoms with Crippen LogP contribution in [0.25, 0.3) is 0 Å². The average molecular weight is 359 g/mol. The van der Waals surface area contributed by atoms with Crippen molar-refractivity contribution in [3.05, 3.63) is 29.6 Å². The molecule has 2 heterocycles. The van der Waals surface area contributed by atoms with Crippen LogP contribution in [0.3, 0.4) is 0 Å². The fourth-order valence-corrected chi connectivity index (χ4v) is 5.12. The van der Waals surface area contributed by atoms with Gasteiger partial charge < -0.3 is 5.73 Å². The number of amides is 2. The van der Waals surface area contributed by atoms with Crippen LogP contribution < -0.4 is 5.73 Å². The molecule has 1 aliphatic heterocycles. The number of aliphatic imine (C=N–C) groups is 1. The highest BCUT2D eigenvalue weighted by atomic mass is 32.2. The number of rotatable bonds is 5. The third kappa shape index (κ3) is 3.78. The molecule has 2 N–H and O–H groups in total. The maximum Gasteiger partial charge on any atom is 0.267 e. The Morgan fingerprint density at radius 3 is 2.80 bits per heavy atom. The van der Waals surface area contributed by atoms with Gasteiger partial charge in [0.1, 0.15) is 10.4 Å². The number of pyridine rings is 1. The summed E-state index contributed by atoms with van der Waals surface area (Å²) in [6.45, 7) is 4.14. The quantitative estimate of drug-likeness (QED) is 0.869. The predicted octanol–water partition coefficient (Wildman–Crippen LogP) is 3.67. The lowest BCUT2D eigenvalue weighted by Gasteiger charge is -2.28. The minimum Gasteiger partial charge on any atom is -0.364 e. The van der Waals surface area contributed by atoms with Gasteiger partial charge in [0.25, 0.3) is 11.8 Å². The molecule has 1 aromatic heterocycles. The van der Waals surface area contributed by atoms with E-state index in [1.54, 1.807) is 12.1 Å². The van der Waals surface area contributed by atoms with Crippen LogP contribution in [0.15, 0.2) is 23.3 Å². The topological polar surface area (TPSA) is 85.4 Å². The lowest BCUT2D eigenvalue weighted by molar-refractivity contribution is -0.119. The molecule has 1 aromatic rings. The van der Waals surface area contributed by atoms with Crippen LogP contribution in [0.1, 0.15) is 68.4 Å². The molecular weight excluding hydrogens is 334 g/mol. The average Bonchev–Trinajstić information content (AvgIpc) is 2.90. The van der Waals surface area contributed by atoms with Crippen LogP contribution in [-0.2, 0) is 9.54 Å². The summed E-state index contributed by atoms with van der Waals surface area (Å²) in [5.74, 6) is 0.527. The zero-order chi connectivity index (χ0) is 18.0. The maximum atomic E-state index is 12.6. The van der Waals surface area contributed by atoms with Gasteiger partial charge in [-0.25, -0.2) is 4.99 Å². The number of nitrogens with zero attached hydrogens (tertiary/aromatic N) is 2. The summed E-state index contributed by atoms with van der Waals surface area (Å²) in [5, 5.41) is 0.906. The van der Waals surface area contributed by atoms with Gasteiger partial charge in [-0.3, -0.25) is 14.6 Å². The summed E-state index contributed by atoms with van der Waals surface area (Å²) in [4.78, 5) is 32.3. The standard InChI is InChI=1S/C19H25N3O2S/c1-12(13-6-4-3-5-7-13)10-16-22-18(24)19(2,25-16)14-8-9-21-15(11-14)17(20)23/h8-9,11-13H,3-7,10H2,1-2H3,(H2,20,23)/t12-,19?/m1/s1. The van der Waals surface area contributed by atoms with Crippen molar-refractivity contribution in [1.29, 1.82) is 0 Å². The smallest absolute Gasteiger partial charge is 0.267 e. The predicted molar refractivity (Wildman–Crippen MR) is 100 cm³/mol. The first-order chi connectivity index (χ1) is 11.9. The van der Waals surface area contributed by atoms with Gasteiger partial charge in [-0.2, -0.15) is 0 Å². The Kier molecular flexibility index (Phi) is 5.27. The number of carbonyl (C=O) groups is 2. The van der Waals surface area contributed by atoms with Crippen molar-refractivity contribution in [1.82, 2.24) is 4.98 Å². The Morgan fingerprint density at radius 1 is 1.40 bits per heavy atom. The lowest BCUT2D eigenvalue weighted by Crippen LogP contribution is -2.25. The van der Waals surface area contributed by atoms with Crippen LogP contribution in [0.2, 0.25) is 0 Å². The summed E-state index contributed by atoms with van der Waals surface area (Å²) in [6, 6.07) is 3.37. The first-order valence-electron chi connectivity index (χ1n) is 8.97. The largest absolute Gasteiger partial charge is 0.364 e. The van der Waals surface area contributed by atoms with Crippen molar-refractivity contribution < 1.29 is 9.59 Å². The molecule has 3 rings (SSSR count). The van der Waals surface area contributed by atoms with Gasteiger partial charge >= 0.3 is 0 Å². The van der Waals surface area contributed by atoms with Gasteiger partial charge in [0.2, 0.25) is 0 Å². The molecule has 2 aliphatic rings. The fraction of sp³-hybridized carbons (Fsp3) is 0.579. The fourth-order valence-electron chi connectivity index (χ4n) is 3.80. The van der Waals surface area contributed by atoms with Gasteiger partial charge in [0, 0.05) is 6.20 Å². The molecule has 2 atom stereocenters. The van der Waals surface area contributed by atoms with E-state index < -0.39 is 10.7 Å². The molecule has 6 heteroatoms. The van der Waals surface area contributed by atoms with E-state index >= 15 is 0 Å². The second-order valence-electron chi connectivity index (χ2n) is 7.32. The van der Waals surface area contributed by atoms with Crippen LogP contribution in [-0.4, -0.2) is 21.8 Å². The molecule has 1 fully saturated rings. The molecule has 5 nitrogen and oxygen atoms in total. The third-order valence-electron chi connectivity index (χ3n) is 5.47. The molecule has 1 saturated carbocycles. The summed E-state index contributed by atoms with van der Waals surface area (Å²) in [6.07, 6.45) is 8.94. The van der Waals surface area contributed by atoms with Crippen LogP contribution in [0.4, 0.5) is 0 Å². The minimum atomic E-state index is -0.797. The molecule has 0 aromatic carbocycles. The summed E-state index contributed by atoms with van der Waals surface area (Å²) >= 11 is 1.51. The van der Waals surface area contributed by atoms with Gasteiger partial charge in [0.15, 0.2) is 0 Å². The number of aromatic nitrogens is 1. The second-order valence-corrected chi connectivity index (χ2v) is 8.81. The molecular formula is C19H25N3O2S. The molecule has 1 aliphatic carbocycles. The van der Waals surface area contributed by atoms with Gasteiger partial charge in [-0.15, -0.1) is 0 Å². The molecule has 0 saturated heterocycles. The minimum absolute atomic E-state index is 0.162. The van der Waals surface area contributed by atoms with Gasteiger partial charge in [-0.1, -0.05) is 50.8 Å². The van der Waals surface area contributed by atoms with Crippen LogP contribution in [0.5, 0.6) is 0 Å². The Balaban J connectivity index is 1.72. The first-order valence-corrected chi connectivity index (χ1v) is 9.79. The number of carbonyl (C=O) groups excluding carboxylic acids is 2. The number of thioether (sulfide) groups is 1. The zero-order valence-electron chi connectivity index (χ0n) is 14.8. The molecule has 134 valence electrons. The lowest BCUT2D eigenvalue weighted by atomic mass is 9.80. The van der Waals surface area contributed by atoms with Gasteiger partial charge in [-0.05, 0) is 42.9 Å². The van der Waals surface area contributed by atoms with Crippen molar-refractivity contribution >= 4 is 28.6 Å². The number of nitrogens with two attached hydrogens (primary N) is 1. The van der Waals surface area contributed by atoms with Gasteiger partial charge in [0.05, 0.1) is 5.04 Å². The van der Waals surface area contributed by atoms with E-state index in [1.807, 2.05) is 6.92 Å². The highest BCUT2D eigenvalue weighted by molar-refractivity contribution is 8.15. The summed E-state index contributed by atoms with van der Waals surface area (Å²) < 4.78 is -0.797. The molecule has 0 bridgehead atoms. The van der Waals surface area contributed by atoms with E-state index in [1.165, 1.54) is 50.1 Å². The molecule has 25 heavy (non-hydrogen) atoms. The van der Waals surface area contributed by atoms with Crippen molar-refractivity contribution in [2.45, 2.75) is 57.1 Å². The number of primary amides is 1. The van der Waals surface area contributed by atoms with Crippen LogP contribution >= 0.6 is 11.8 Å². The monoisotopic (exact) mass is 359 g/mol. The van der Waals surface area contributed by atoms with E-state index in [0.717, 1.165) is 22.9 Å². The van der Waals surface area contributed by atoms with Crippen molar-refractivity contribution in [3.8, 4) is 0 Å². The van der Waals surface area contributed by atoms with E-state index in [-0.39, 0.29) is 11.6 Å². The SMILES string of the molecule is C[C@H](CC1=NC(=O)C(C)(c2ccnc(C(N)=O)c2)S1)C1CCCCC1. The number of hydrogen-bond acceptors (Lipinski definition) is 4. The van der Waals surface area contributed by atoms with E-state index in [0.29, 0.717) is 5.92 Å². The van der Waals surface area contributed by atoms with Crippen molar-refractivity contribution in [3.63, 3.8) is 0 Å². The molecule has 0 radical (unpaired) electrons. The Bertz CT molecular complexity index is 712. The maximum absolute atomic E-state index is 12.6. The molecule has 0 spiro atoms. The first kappa shape index (κ1) is 18.1. The van der Waals surface area contributed by atoms with Crippen LogP contribution in [0, 0.1) is 11.8 Å². The second kappa shape index (κ2) is 7.28. The third-order valence-corrected chi connectivity index (χ3v) is 6.78. The van der Waals surface area contributed by atoms with Crippen molar-refractivity contribution in [2.75, 3.05) is 0 Å². The van der Waals surface area contributed by atoms with E-state index in [2.05, 4.69) is 16.9 Å². The normalized spacial score (nSPS) is 25.7. The van der Waals surface area contributed by atoms with E-state index in [4.69, 9.17) is 5.73 Å².